The van der Waals surface area contributed by atoms with Crippen LogP contribution in [0.1, 0.15) is 44.6 Å². The van der Waals surface area contributed by atoms with Crippen molar-refractivity contribution in [2.45, 2.75) is 51.1 Å². The predicted molar refractivity (Wildman–Crippen MR) is 80.7 cm³/mol. The van der Waals surface area contributed by atoms with E-state index in [0.29, 0.717) is 25.0 Å². The highest BCUT2D eigenvalue weighted by Crippen LogP contribution is 2.37. The molecule has 0 aliphatic carbocycles. The zero-order chi connectivity index (χ0) is 14.5. The molecule has 1 fully saturated rings. The van der Waals surface area contributed by atoms with E-state index in [1.165, 1.54) is 5.56 Å². The molecule has 3 heteroatoms. The van der Waals surface area contributed by atoms with Crippen LogP contribution >= 0.6 is 0 Å². The van der Waals surface area contributed by atoms with Crippen LogP contribution in [0.4, 0.5) is 0 Å². The van der Waals surface area contributed by atoms with Crippen molar-refractivity contribution in [3.63, 3.8) is 0 Å². The van der Waals surface area contributed by atoms with E-state index in [1.807, 2.05) is 6.07 Å². The lowest BCUT2D eigenvalue weighted by Crippen LogP contribution is -2.39. The number of hydrogen-bond donors (Lipinski definition) is 0. The fourth-order valence-electron chi connectivity index (χ4n) is 3.36. The molecular weight excluding hydrogens is 250 g/mol. The number of benzene rings is 1. The van der Waals surface area contributed by atoms with Gasteiger partial charge in [-0.25, -0.2) is 0 Å². The van der Waals surface area contributed by atoms with E-state index in [1.54, 1.807) is 7.11 Å². The smallest absolute Gasteiger partial charge is 0.223 e. The minimum Gasteiger partial charge on any atom is -0.385 e. The molecule has 2 rings (SSSR count). The number of methoxy groups -OCH3 is 1. The van der Waals surface area contributed by atoms with Crippen LogP contribution in [0, 0.1) is 0 Å². The molecule has 3 atom stereocenters. The van der Waals surface area contributed by atoms with Gasteiger partial charge in [0.05, 0.1) is 0 Å². The van der Waals surface area contributed by atoms with Crippen molar-refractivity contribution in [2.75, 3.05) is 13.7 Å². The second kappa shape index (κ2) is 6.89. The van der Waals surface area contributed by atoms with E-state index < -0.39 is 0 Å². The molecule has 0 saturated carbocycles. The van der Waals surface area contributed by atoms with Gasteiger partial charge in [0.2, 0.25) is 5.91 Å². The number of amides is 1. The Bertz CT molecular complexity index is 432. The van der Waals surface area contributed by atoms with Gasteiger partial charge >= 0.3 is 0 Å². The maximum Gasteiger partial charge on any atom is 0.223 e. The molecule has 1 aliphatic rings. The largest absolute Gasteiger partial charge is 0.385 e. The first-order valence-electron chi connectivity index (χ1n) is 7.50. The average molecular weight is 275 g/mol. The van der Waals surface area contributed by atoms with Crippen LogP contribution in [-0.2, 0) is 9.53 Å². The molecule has 1 saturated heterocycles. The average Bonchev–Trinajstić information content (AvgIpc) is 2.75. The molecule has 0 aromatic heterocycles. The molecule has 3 nitrogen and oxygen atoms in total. The van der Waals surface area contributed by atoms with Gasteiger partial charge in [0.1, 0.15) is 0 Å². The van der Waals surface area contributed by atoms with Gasteiger partial charge in [0.15, 0.2) is 0 Å². The van der Waals surface area contributed by atoms with Crippen LogP contribution in [0.2, 0.25) is 0 Å². The fraction of sp³-hybridized carbons (Fsp3) is 0.588. The highest BCUT2D eigenvalue weighted by Gasteiger charge is 2.39. The van der Waals surface area contributed by atoms with Crippen LogP contribution in [-0.4, -0.2) is 36.6 Å². The molecule has 1 aliphatic heterocycles. The Morgan fingerprint density at radius 2 is 2.00 bits per heavy atom. The summed E-state index contributed by atoms with van der Waals surface area (Å²) in [5, 5.41) is 0. The van der Waals surface area contributed by atoms with Crippen molar-refractivity contribution in [1.82, 2.24) is 4.90 Å². The topological polar surface area (TPSA) is 29.5 Å². The van der Waals surface area contributed by atoms with Gasteiger partial charge in [-0.15, -0.1) is 0 Å². The van der Waals surface area contributed by atoms with Crippen molar-refractivity contribution >= 4 is 5.91 Å². The van der Waals surface area contributed by atoms with Crippen molar-refractivity contribution in [2.24, 2.45) is 0 Å². The molecule has 110 valence electrons. The normalized spacial score (nSPS) is 25.9. The third-order valence-corrected chi connectivity index (χ3v) is 4.35. The summed E-state index contributed by atoms with van der Waals surface area (Å²) in [7, 11) is 1.68. The first-order chi connectivity index (χ1) is 9.65. The van der Waals surface area contributed by atoms with Gasteiger partial charge in [-0.05, 0) is 32.3 Å². The Morgan fingerprint density at radius 1 is 1.30 bits per heavy atom. The summed E-state index contributed by atoms with van der Waals surface area (Å²) < 4.78 is 5.03. The van der Waals surface area contributed by atoms with Gasteiger partial charge in [-0.2, -0.15) is 0 Å². The van der Waals surface area contributed by atoms with Crippen molar-refractivity contribution in [1.29, 1.82) is 0 Å². The fourth-order valence-corrected chi connectivity index (χ4v) is 3.36. The Hall–Kier alpha value is -1.35. The third kappa shape index (κ3) is 3.21. The van der Waals surface area contributed by atoms with Crippen LogP contribution in [0.15, 0.2) is 30.3 Å². The summed E-state index contributed by atoms with van der Waals surface area (Å²) in [4.78, 5) is 14.5. The second-order valence-electron chi connectivity index (χ2n) is 5.74. The standard InChI is InChI=1S/C17H25NO2/c1-13-12-16(15-8-5-4-6-9-15)14(2)18(13)17(19)10-7-11-20-3/h4-6,8-9,13-14,16H,7,10-12H2,1-3H3/t13-,14+,16+/m1/s1. The van der Waals surface area contributed by atoms with E-state index in [4.69, 9.17) is 4.74 Å². The SMILES string of the molecule is COCCCC(=O)N1[C@H](C)C[C@H](c2ccccc2)[C@@H]1C. The minimum absolute atomic E-state index is 0.264. The Labute approximate surface area is 121 Å². The molecule has 0 N–H and O–H groups in total. The minimum atomic E-state index is 0.264. The molecule has 20 heavy (non-hydrogen) atoms. The summed E-state index contributed by atoms with van der Waals surface area (Å²) in [6, 6.07) is 11.2. The summed E-state index contributed by atoms with van der Waals surface area (Å²) >= 11 is 0. The van der Waals surface area contributed by atoms with E-state index >= 15 is 0 Å². The third-order valence-electron chi connectivity index (χ3n) is 4.35. The van der Waals surface area contributed by atoms with Crippen LogP contribution < -0.4 is 0 Å². The van der Waals surface area contributed by atoms with Gasteiger partial charge < -0.3 is 9.64 Å². The van der Waals surface area contributed by atoms with Gasteiger partial charge in [-0.1, -0.05) is 30.3 Å². The van der Waals surface area contributed by atoms with E-state index in [0.717, 1.165) is 12.8 Å². The first-order valence-corrected chi connectivity index (χ1v) is 7.50. The number of nitrogens with zero attached hydrogens (tertiary/aromatic N) is 1. The van der Waals surface area contributed by atoms with E-state index in [9.17, 15) is 4.79 Å². The van der Waals surface area contributed by atoms with Crippen LogP contribution in [0.5, 0.6) is 0 Å². The maximum absolute atomic E-state index is 12.4. The molecule has 0 radical (unpaired) electrons. The first kappa shape index (κ1) is 15.0. The summed E-state index contributed by atoms with van der Waals surface area (Å²) in [5.41, 5.74) is 1.35. The molecule has 1 aromatic rings. The van der Waals surface area contributed by atoms with Crippen molar-refractivity contribution in [3.05, 3.63) is 35.9 Å². The molecule has 0 spiro atoms. The monoisotopic (exact) mass is 275 g/mol. The molecule has 0 unspecified atom stereocenters. The number of hydrogen-bond acceptors (Lipinski definition) is 2. The highest BCUT2D eigenvalue weighted by molar-refractivity contribution is 5.77. The van der Waals surface area contributed by atoms with Crippen molar-refractivity contribution < 1.29 is 9.53 Å². The lowest BCUT2D eigenvalue weighted by atomic mass is 9.92. The highest BCUT2D eigenvalue weighted by atomic mass is 16.5. The summed E-state index contributed by atoms with van der Waals surface area (Å²) in [5.74, 6) is 0.720. The van der Waals surface area contributed by atoms with Crippen molar-refractivity contribution in [3.8, 4) is 0 Å². The molecule has 1 aromatic carbocycles. The summed E-state index contributed by atoms with van der Waals surface area (Å²) in [6.07, 6.45) is 2.45. The number of carbonyl (C=O) groups excluding carboxylic acids is 1. The Kier molecular flexibility index (Phi) is 5.18. The van der Waals surface area contributed by atoms with Crippen LogP contribution in [0.3, 0.4) is 0 Å². The quantitative estimate of drug-likeness (QED) is 0.772. The van der Waals surface area contributed by atoms with Gasteiger partial charge in [0, 0.05) is 38.1 Å². The predicted octanol–water partition coefficient (Wildman–Crippen LogP) is 3.21. The number of likely N-dealkylation sites (tertiary alicyclic amines) is 1. The van der Waals surface area contributed by atoms with Gasteiger partial charge in [0.25, 0.3) is 0 Å². The number of ether oxygens (including phenoxy) is 1. The summed E-state index contributed by atoms with van der Waals surface area (Å²) in [6.45, 7) is 4.99. The lowest BCUT2D eigenvalue weighted by molar-refractivity contribution is -0.133. The van der Waals surface area contributed by atoms with Gasteiger partial charge in [-0.3, -0.25) is 4.79 Å². The molecule has 0 bridgehead atoms. The molecular formula is C17H25NO2. The lowest BCUT2D eigenvalue weighted by Gasteiger charge is -2.28. The number of rotatable bonds is 5. The molecule has 1 heterocycles. The zero-order valence-corrected chi connectivity index (χ0v) is 12.7. The zero-order valence-electron chi connectivity index (χ0n) is 12.7. The molecule has 1 amide bonds. The maximum atomic E-state index is 12.4. The van der Waals surface area contributed by atoms with Crippen LogP contribution in [0.25, 0.3) is 0 Å². The van der Waals surface area contributed by atoms with E-state index in [2.05, 4.69) is 43.0 Å². The second-order valence-corrected chi connectivity index (χ2v) is 5.74. The van der Waals surface area contributed by atoms with E-state index in [-0.39, 0.29) is 11.9 Å². The Morgan fingerprint density at radius 3 is 2.65 bits per heavy atom. The number of carbonyl (C=O) groups is 1. The Balaban J connectivity index is 2.03.